The number of anilines is 1. The molecule has 1 fully saturated rings. The Bertz CT molecular complexity index is 447. The van der Waals surface area contributed by atoms with Crippen LogP contribution in [0, 0.1) is 0 Å². The molecule has 0 radical (unpaired) electrons. The van der Waals surface area contributed by atoms with Crippen molar-refractivity contribution in [1.82, 2.24) is 15.1 Å². The zero-order valence-electron chi connectivity index (χ0n) is 9.68. The Labute approximate surface area is 102 Å². The molecule has 6 nitrogen and oxygen atoms in total. The molecule has 17 heavy (non-hydrogen) atoms. The quantitative estimate of drug-likeness (QED) is 0.756. The van der Waals surface area contributed by atoms with Crippen molar-refractivity contribution in [1.29, 1.82) is 0 Å². The minimum Gasteiger partial charge on any atom is -0.396 e. The second-order valence-corrected chi connectivity index (χ2v) is 5.90. The summed E-state index contributed by atoms with van der Waals surface area (Å²) in [4.78, 5) is 11.9. The lowest BCUT2D eigenvalue weighted by Gasteiger charge is -2.22. The van der Waals surface area contributed by atoms with E-state index in [-0.39, 0.29) is 17.6 Å². The first kappa shape index (κ1) is 12.1. The Kier molecular flexibility index (Phi) is 3.46. The van der Waals surface area contributed by atoms with Crippen LogP contribution >= 0.6 is 0 Å². The molecule has 0 bridgehead atoms. The largest absolute Gasteiger partial charge is 0.396 e. The van der Waals surface area contributed by atoms with E-state index in [1.54, 1.807) is 13.2 Å². The van der Waals surface area contributed by atoms with Crippen LogP contribution in [0.3, 0.4) is 0 Å². The maximum atomic E-state index is 11.9. The standard InChI is InChI=1S/C10H16N4O2S/c1-14-6-8(11)9(13-14)10(15)12-7-2-4-17(16)5-3-7/h6-7H,2-5,11H2,1H3,(H,12,15). The van der Waals surface area contributed by atoms with Gasteiger partial charge in [-0.15, -0.1) is 0 Å². The summed E-state index contributed by atoms with van der Waals surface area (Å²) in [5.41, 5.74) is 6.32. The van der Waals surface area contributed by atoms with Crippen molar-refractivity contribution in [2.45, 2.75) is 18.9 Å². The first-order valence-electron chi connectivity index (χ1n) is 5.51. The average molecular weight is 256 g/mol. The summed E-state index contributed by atoms with van der Waals surface area (Å²) in [6, 6.07) is 0.0848. The number of nitrogens with zero attached hydrogens (tertiary/aromatic N) is 2. The molecule has 0 atom stereocenters. The lowest BCUT2D eigenvalue weighted by atomic mass is 10.1. The van der Waals surface area contributed by atoms with Gasteiger partial charge in [0.15, 0.2) is 5.69 Å². The minimum absolute atomic E-state index is 0.0848. The number of nitrogens with one attached hydrogen (secondary N) is 1. The predicted octanol–water partition coefficient (Wildman–Crippen LogP) is -0.357. The van der Waals surface area contributed by atoms with Gasteiger partial charge in [-0.1, -0.05) is 0 Å². The van der Waals surface area contributed by atoms with E-state index in [1.165, 1.54) is 4.68 Å². The molecule has 0 saturated carbocycles. The van der Waals surface area contributed by atoms with Crippen molar-refractivity contribution in [2.24, 2.45) is 7.05 Å². The van der Waals surface area contributed by atoms with Gasteiger partial charge in [-0.2, -0.15) is 5.10 Å². The van der Waals surface area contributed by atoms with Crippen LogP contribution < -0.4 is 11.1 Å². The normalized spacial score (nSPS) is 24.5. The Hall–Kier alpha value is -1.37. The van der Waals surface area contributed by atoms with E-state index in [2.05, 4.69) is 10.4 Å². The zero-order valence-corrected chi connectivity index (χ0v) is 10.5. The molecule has 0 aromatic carbocycles. The highest BCUT2D eigenvalue weighted by atomic mass is 32.2. The van der Waals surface area contributed by atoms with Gasteiger partial charge in [0.2, 0.25) is 0 Å². The van der Waals surface area contributed by atoms with Gasteiger partial charge < -0.3 is 11.1 Å². The predicted molar refractivity (Wildman–Crippen MR) is 66.0 cm³/mol. The number of hydrogen-bond acceptors (Lipinski definition) is 4. The summed E-state index contributed by atoms with van der Waals surface area (Å²) in [5.74, 6) is 1.06. The zero-order chi connectivity index (χ0) is 12.4. The summed E-state index contributed by atoms with van der Waals surface area (Å²) in [6.45, 7) is 0. The number of carbonyl (C=O) groups is 1. The molecule has 1 aliphatic heterocycles. The van der Waals surface area contributed by atoms with Crippen molar-refractivity contribution in [3.63, 3.8) is 0 Å². The number of aryl methyl sites for hydroxylation is 1. The number of nitrogens with two attached hydrogens (primary N) is 1. The molecule has 1 aliphatic rings. The molecule has 7 heteroatoms. The molecule has 2 heterocycles. The lowest BCUT2D eigenvalue weighted by molar-refractivity contribution is 0.0929. The topological polar surface area (TPSA) is 90.0 Å². The van der Waals surface area contributed by atoms with Crippen LogP contribution in [0.15, 0.2) is 6.20 Å². The molecule has 0 aliphatic carbocycles. The van der Waals surface area contributed by atoms with E-state index in [0.717, 1.165) is 12.8 Å². The Morgan fingerprint density at radius 1 is 1.59 bits per heavy atom. The summed E-state index contributed by atoms with van der Waals surface area (Å²) in [6.07, 6.45) is 3.11. The van der Waals surface area contributed by atoms with Crippen molar-refractivity contribution in [3.8, 4) is 0 Å². The second-order valence-electron chi connectivity index (χ2n) is 4.20. The second kappa shape index (κ2) is 4.87. The lowest BCUT2D eigenvalue weighted by Crippen LogP contribution is -2.40. The van der Waals surface area contributed by atoms with Gasteiger partial charge in [-0.3, -0.25) is 13.7 Å². The maximum absolute atomic E-state index is 11.9. The number of hydrogen-bond donors (Lipinski definition) is 2. The van der Waals surface area contributed by atoms with Gasteiger partial charge in [-0.25, -0.2) is 0 Å². The maximum Gasteiger partial charge on any atom is 0.274 e. The van der Waals surface area contributed by atoms with Gasteiger partial charge in [-0.05, 0) is 12.8 Å². The van der Waals surface area contributed by atoms with Crippen molar-refractivity contribution in [2.75, 3.05) is 17.2 Å². The van der Waals surface area contributed by atoms with Gasteiger partial charge in [0.05, 0.1) is 5.69 Å². The fraction of sp³-hybridized carbons (Fsp3) is 0.600. The smallest absolute Gasteiger partial charge is 0.274 e. The average Bonchev–Trinajstić information content (AvgIpc) is 2.61. The number of rotatable bonds is 2. The molecule has 94 valence electrons. The fourth-order valence-electron chi connectivity index (χ4n) is 1.88. The molecule has 2 rings (SSSR count). The highest BCUT2D eigenvalue weighted by molar-refractivity contribution is 7.85. The summed E-state index contributed by atoms with van der Waals surface area (Å²) in [5, 5.41) is 6.89. The minimum atomic E-state index is -0.716. The molecular formula is C10H16N4O2S. The van der Waals surface area contributed by atoms with Crippen molar-refractivity contribution in [3.05, 3.63) is 11.9 Å². The third-order valence-electron chi connectivity index (χ3n) is 2.80. The van der Waals surface area contributed by atoms with Crippen LogP contribution in [0.1, 0.15) is 23.3 Å². The molecular weight excluding hydrogens is 240 g/mol. The van der Waals surface area contributed by atoms with Gasteiger partial charge in [0.1, 0.15) is 0 Å². The highest BCUT2D eigenvalue weighted by Crippen LogP contribution is 2.12. The van der Waals surface area contributed by atoms with Crippen LogP contribution in [0.4, 0.5) is 5.69 Å². The third kappa shape index (κ3) is 2.85. The number of carbonyl (C=O) groups excluding carboxylic acids is 1. The molecule has 1 amide bonds. The number of amides is 1. The molecule has 1 aromatic heterocycles. The Morgan fingerprint density at radius 2 is 2.24 bits per heavy atom. The van der Waals surface area contributed by atoms with Crippen molar-refractivity contribution >= 4 is 22.4 Å². The third-order valence-corrected chi connectivity index (χ3v) is 4.18. The van der Waals surface area contributed by atoms with E-state index in [1.807, 2.05) is 0 Å². The van der Waals surface area contributed by atoms with E-state index in [0.29, 0.717) is 17.2 Å². The number of aromatic nitrogens is 2. The van der Waals surface area contributed by atoms with Crippen molar-refractivity contribution < 1.29 is 9.00 Å². The fourth-order valence-corrected chi connectivity index (χ4v) is 3.17. The van der Waals surface area contributed by atoms with Crippen LogP contribution in [-0.2, 0) is 17.8 Å². The Morgan fingerprint density at radius 3 is 2.76 bits per heavy atom. The van der Waals surface area contributed by atoms with Gasteiger partial charge in [0.25, 0.3) is 5.91 Å². The summed E-state index contributed by atoms with van der Waals surface area (Å²) >= 11 is 0. The summed E-state index contributed by atoms with van der Waals surface area (Å²) < 4.78 is 12.7. The van der Waals surface area contributed by atoms with Crippen LogP contribution in [0.5, 0.6) is 0 Å². The van der Waals surface area contributed by atoms with Gasteiger partial charge in [0, 0.05) is 41.6 Å². The summed E-state index contributed by atoms with van der Waals surface area (Å²) in [7, 11) is 1.00. The van der Waals surface area contributed by atoms with Crippen LogP contribution in [-0.4, -0.2) is 37.4 Å². The highest BCUT2D eigenvalue weighted by Gasteiger charge is 2.22. The first-order chi connectivity index (χ1) is 8.06. The monoisotopic (exact) mass is 256 g/mol. The Balaban J connectivity index is 1.97. The SMILES string of the molecule is Cn1cc(N)c(C(=O)NC2CCS(=O)CC2)n1. The molecule has 0 spiro atoms. The number of nitrogen functional groups attached to an aromatic ring is 1. The molecule has 1 aromatic rings. The molecule has 1 saturated heterocycles. The van der Waals surface area contributed by atoms with Crippen LogP contribution in [0.2, 0.25) is 0 Å². The van der Waals surface area contributed by atoms with Gasteiger partial charge >= 0.3 is 0 Å². The van der Waals surface area contributed by atoms with E-state index in [9.17, 15) is 9.00 Å². The van der Waals surface area contributed by atoms with E-state index in [4.69, 9.17) is 5.73 Å². The van der Waals surface area contributed by atoms with Crippen LogP contribution in [0.25, 0.3) is 0 Å². The van der Waals surface area contributed by atoms with E-state index < -0.39 is 10.8 Å². The first-order valence-corrected chi connectivity index (χ1v) is 7.00. The van der Waals surface area contributed by atoms with E-state index >= 15 is 0 Å². The molecule has 3 N–H and O–H groups in total. The molecule has 0 unspecified atom stereocenters.